The number of amides is 2. The molecule has 0 bridgehead atoms. The molecule has 3 aromatic carbocycles. The molecule has 0 heterocycles. The van der Waals surface area contributed by atoms with Gasteiger partial charge in [0.2, 0.25) is 5.91 Å². The van der Waals surface area contributed by atoms with Gasteiger partial charge in [-0.2, -0.15) is 0 Å². The number of nitrogens with two attached hydrogens (primary N) is 2. The lowest BCUT2D eigenvalue weighted by Crippen LogP contribution is -2.41. The van der Waals surface area contributed by atoms with Crippen LogP contribution in [0.2, 0.25) is 0 Å². The van der Waals surface area contributed by atoms with E-state index >= 15 is 0 Å². The number of carbonyl (C=O) groups excluding carboxylic acids is 2. The first kappa shape index (κ1) is 24.9. The van der Waals surface area contributed by atoms with Crippen LogP contribution in [0.1, 0.15) is 33.6 Å². The predicted octanol–water partition coefficient (Wildman–Crippen LogP) is 2.07. The van der Waals surface area contributed by atoms with E-state index in [-0.39, 0.29) is 18.3 Å². The zero-order valence-corrected chi connectivity index (χ0v) is 18.0. The highest BCUT2D eigenvalue weighted by Gasteiger charge is 2.20. The monoisotopic (exact) mass is 449 g/mol. The first-order valence-corrected chi connectivity index (χ1v) is 10.2. The third kappa shape index (κ3) is 8.33. The van der Waals surface area contributed by atoms with Crippen LogP contribution in [0.5, 0.6) is 0 Å². The Hall–Kier alpha value is -4.40. The fourth-order valence-corrected chi connectivity index (χ4v) is 2.96. The maximum Gasteiger partial charge on any atom is 0.326 e. The van der Waals surface area contributed by atoms with Crippen molar-refractivity contribution in [3.63, 3.8) is 0 Å². The van der Waals surface area contributed by atoms with Crippen molar-refractivity contribution < 1.29 is 19.5 Å². The zero-order chi connectivity index (χ0) is 24.2. The topological polar surface area (TPSA) is 171 Å². The van der Waals surface area contributed by atoms with Crippen molar-refractivity contribution in [3.8, 4) is 0 Å². The van der Waals surface area contributed by atoms with Crippen molar-refractivity contribution >= 4 is 34.5 Å². The first-order chi connectivity index (χ1) is 15.8. The second kappa shape index (κ2) is 12.5. The minimum atomic E-state index is -1.09. The number of carboxylic acids is 1. The van der Waals surface area contributed by atoms with Gasteiger partial charge in [0, 0.05) is 17.7 Å². The molecule has 0 saturated heterocycles. The summed E-state index contributed by atoms with van der Waals surface area (Å²) in [4.78, 5) is 33.8. The molecule has 1 unspecified atom stereocenters. The van der Waals surface area contributed by atoms with Crippen molar-refractivity contribution in [1.29, 1.82) is 5.41 Å². The van der Waals surface area contributed by atoms with Crippen LogP contribution in [0, 0.1) is 5.41 Å². The molecule has 8 N–H and O–H groups in total. The molecule has 1 atom stereocenters. The molecule has 0 aliphatic heterocycles. The van der Waals surface area contributed by atoms with Gasteiger partial charge in [0.05, 0.1) is 0 Å². The van der Waals surface area contributed by atoms with Gasteiger partial charge in [0.25, 0.3) is 5.91 Å². The molecular formula is C24H27N5O4. The summed E-state index contributed by atoms with van der Waals surface area (Å²) in [6, 6.07) is 20.8. The number of carboxylic acid groups (broad SMARTS) is 1. The standard InChI is InChI=1S/C13H18N4O3.C11H9NO/c14-13(15)16-8-4-7-10(12(19)20)17-11(18)9-5-2-1-3-6-9;12-11(13)10-6-5-8-3-1-2-4-9(8)7-10/h1-3,5-6,10H,4,7-8H2,(H,17,18)(H,19,20)(H4,14,15,16);1-7H,(H2,12,13). The highest BCUT2D eigenvalue weighted by Crippen LogP contribution is 2.14. The average molecular weight is 450 g/mol. The van der Waals surface area contributed by atoms with E-state index in [1.54, 1.807) is 42.5 Å². The van der Waals surface area contributed by atoms with E-state index < -0.39 is 17.9 Å². The Balaban J connectivity index is 0.000000254. The lowest BCUT2D eigenvalue weighted by molar-refractivity contribution is -0.139. The van der Waals surface area contributed by atoms with Gasteiger partial charge >= 0.3 is 5.97 Å². The molecule has 0 spiro atoms. The van der Waals surface area contributed by atoms with Gasteiger partial charge in [-0.15, -0.1) is 0 Å². The van der Waals surface area contributed by atoms with Gasteiger partial charge in [-0.3, -0.25) is 15.0 Å². The number of primary amides is 1. The van der Waals surface area contributed by atoms with Gasteiger partial charge in [-0.25, -0.2) is 4.79 Å². The quantitative estimate of drug-likeness (QED) is 0.174. The number of guanidine groups is 1. The molecule has 33 heavy (non-hydrogen) atoms. The fourth-order valence-electron chi connectivity index (χ4n) is 2.96. The molecule has 0 aliphatic carbocycles. The van der Waals surface area contributed by atoms with Crippen LogP contribution in [0.15, 0.2) is 72.8 Å². The van der Waals surface area contributed by atoms with Gasteiger partial charge in [-0.05, 0) is 47.9 Å². The molecule has 172 valence electrons. The van der Waals surface area contributed by atoms with Crippen molar-refractivity contribution in [2.75, 3.05) is 6.54 Å². The Kier molecular flexibility index (Phi) is 9.38. The molecular weight excluding hydrogens is 422 g/mol. The maximum absolute atomic E-state index is 11.9. The molecule has 9 heteroatoms. The Bertz CT molecular complexity index is 1120. The van der Waals surface area contributed by atoms with Crippen molar-refractivity contribution in [3.05, 3.63) is 83.9 Å². The molecule has 0 fully saturated rings. The summed E-state index contributed by atoms with van der Waals surface area (Å²) in [5.74, 6) is -2.05. The zero-order valence-electron chi connectivity index (χ0n) is 18.0. The summed E-state index contributed by atoms with van der Waals surface area (Å²) >= 11 is 0. The number of aliphatic carboxylic acids is 1. The third-order valence-corrected chi connectivity index (χ3v) is 4.66. The molecule has 0 radical (unpaired) electrons. The Morgan fingerprint density at radius 2 is 1.52 bits per heavy atom. The summed E-state index contributed by atoms with van der Waals surface area (Å²) in [6.07, 6.45) is 0.736. The highest BCUT2D eigenvalue weighted by atomic mass is 16.4. The van der Waals surface area contributed by atoms with Crippen molar-refractivity contribution in [2.45, 2.75) is 18.9 Å². The molecule has 0 saturated carbocycles. The normalized spacial score (nSPS) is 10.9. The lowest BCUT2D eigenvalue weighted by atomic mass is 10.1. The largest absolute Gasteiger partial charge is 0.480 e. The third-order valence-electron chi connectivity index (χ3n) is 4.66. The van der Waals surface area contributed by atoms with E-state index in [2.05, 4.69) is 10.6 Å². The van der Waals surface area contributed by atoms with Crippen LogP contribution in [0.25, 0.3) is 10.8 Å². The smallest absolute Gasteiger partial charge is 0.326 e. The molecule has 0 aromatic heterocycles. The van der Waals surface area contributed by atoms with Crippen LogP contribution in [0.3, 0.4) is 0 Å². The fraction of sp³-hybridized carbons (Fsp3) is 0.167. The van der Waals surface area contributed by atoms with Crippen LogP contribution in [-0.4, -0.2) is 41.4 Å². The van der Waals surface area contributed by atoms with E-state index in [1.807, 2.05) is 30.3 Å². The van der Waals surface area contributed by atoms with Crippen LogP contribution >= 0.6 is 0 Å². The van der Waals surface area contributed by atoms with Crippen LogP contribution in [-0.2, 0) is 4.79 Å². The summed E-state index contributed by atoms with van der Waals surface area (Å²) in [5, 5.41) is 23.3. The molecule has 3 rings (SSSR count). The Labute approximate surface area is 191 Å². The van der Waals surface area contributed by atoms with Crippen LogP contribution < -0.4 is 22.1 Å². The minimum absolute atomic E-state index is 0.162. The van der Waals surface area contributed by atoms with Crippen molar-refractivity contribution in [1.82, 2.24) is 10.6 Å². The SMILES string of the molecule is N=C(N)NCCCC(NC(=O)c1ccccc1)C(=O)O.NC(=O)c1ccc2ccccc2c1. The lowest BCUT2D eigenvalue weighted by Gasteiger charge is -2.14. The number of carbonyl (C=O) groups is 3. The number of hydrogen-bond acceptors (Lipinski definition) is 4. The van der Waals surface area contributed by atoms with E-state index in [4.69, 9.17) is 22.0 Å². The maximum atomic E-state index is 11.9. The molecule has 0 aliphatic rings. The number of rotatable bonds is 8. The van der Waals surface area contributed by atoms with Gasteiger partial charge in [0.15, 0.2) is 5.96 Å². The second-order valence-electron chi connectivity index (χ2n) is 7.14. The van der Waals surface area contributed by atoms with E-state index in [9.17, 15) is 14.4 Å². The summed E-state index contributed by atoms with van der Waals surface area (Å²) in [6.45, 7) is 0.389. The average Bonchev–Trinajstić information content (AvgIpc) is 2.81. The summed E-state index contributed by atoms with van der Waals surface area (Å²) in [7, 11) is 0. The van der Waals surface area contributed by atoms with E-state index in [0.29, 0.717) is 24.1 Å². The molecule has 9 nitrogen and oxygen atoms in total. The summed E-state index contributed by atoms with van der Waals surface area (Å²) < 4.78 is 0. The first-order valence-electron chi connectivity index (χ1n) is 10.2. The van der Waals surface area contributed by atoms with Gasteiger partial charge in [0.1, 0.15) is 6.04 Å². The Morgan fingerprint density at radius 1 is 0.879 bits per heavy atom. The van der Waals surface area contributed by atoms with E-state index in [0.717, 1.165) is 10.8 Å². The van der Waals surface area contributed by atoms with Crippen molar-refractivity contribution in [2.24, 2.45) is 11.5 Å². The number of hydrogen-bond donors (Lipinski definition) is 6. The number of nitrogens with one attached hydrogen (secondary N) is 3. The number of benzene rings is 3. The predicted molar refractivity (Wildman–Crippen MR) is 127 cm³/mol. The summed E-state index contributed by atoms with van der Waals surface area (Å²) in [5.41, 5.74) is 11.2. The van der Waals surface area contributed by atoms with Crippen LogP contribution in [0.4, 0.5) is 0 Å². The van der Waals surface area contributed by atoms with Gasteiger partial charge in [-0.1, -0.05) is 48.5 Å². The van der Waals surface area contributed by atoms with E-state index in [1.165, 1.54) is 0 Å². The number of fused-ring (bicyclic) bond motifs is 1. The Morgan fingerprint density at radius 3 is 2.12 bits per heavy atom. The highest BCUT2D eigenvalue weighted by molar-refractivity contribution is 5.97. The second-order valence-corrected chi connectivity index (χ2v) is 7.14. The molecule has 2 amide bonds. The minimum Gasteiger partial charge on any atom is -0.480 e. The molecule has 3 aromatic rings. The van der Waals surface area contributed by atoms with Gasteiger partial charge < -0.3 is 27.2 Å².